The lowest BCUT2D eigenvalue weighted by Gasteiger charge is -2.40. The first-order valence-corrected chi connectivity index (χ1v) is 13.3. The molecule has 0 radical (unpaired) electrons. The summed E-state index contributed by atoms with van der Waals surface area (Å²) in [7, 11) is -1.37. The molecule has 27 heavy (non-hydrogen) atoms. The van der Waals surface area contributed by atoms with Crippen LogP contribution in [-0.4, -0.2) is 49.4 Å². The highest BCUT2D eigenvalue weighted by atomic mass is 28.3. The number of rotatable bonds is 11. The molecule has 1 saturated heterocycles. The van der Waals surface area contributed by atoms with E-state index in [4.69, 9.17) is 0 Å². The molecule has 1 aliphatic heterocycles. The van der Waals surface area contributed by atoms with Crippen LogP contribution in [0.3, 0.4) is 0 Å². The first-order valence-electron chi connectivity index (χ1n) is 10.3. The molecular formula is C22H40N2O2Si. The minimum Gasteiger partial charge on any atom is -0.315 e. The largest absolute Gasteiger partial charge is 0.327 e. The van der Waals surface area contributed by atoms with Gasteiger partial charge in [0.2, 0.25) is 5.91 Å². The summed E-state index contributed by atoms with van der Waals surface area (Å²) in [6.07, 6.45) is 4.69. The van der Waals surface area contributed by atoms with Gasteiger partial charge in [-0.2, -0.15) is 0 Å². The predicted molar refractivity (Wildman–Crippen MR) is 117 cm³/mol. The summed E-state index contributed by atoms with van der Waals surface area (Å²) < 4.78 is 0. The van der Waals surface area contributed by atoms with Gasteiger partial charge in [-0.25, -0.2) is 4.79 Å². The van der Waals surface area contributed by atoms with Gasteiger partial charge in [0, 0.05) is 13.1 Å². The van der Waals surface area contributed by atoms with Gasteiger partial charge in [-0.15, -0.1) is 18.9 Å². The molecule has 0 saturated carbocycles. The molecule has 1 heterocycles. The normalized spacial score (nSPS) is 19.8. The molecule has 4 nitrogen and oxygen atoms in total. The van der Waals surface area contributed by atoms with Crippen LogP contribution in [0.5, 0.6) is 0 Å². The van der Waals surface area contributed by atoms with Crippen LogP contribution >= 0.6 is 0 Å². The van der Waals surface area contributed by atoms with E-state index in [0.717, 1.165) is 25.3 Å². The van der Waals surface area contributed by atoms with E-state index in [1.165, 1.54) is 10.9 Å². The predicted octanol–water partition coefficient (Wildman–Crippen LogP) is 5.48. The Bertz CT molecular complexity index is 569. The van der Waals surface area contributed by atoms with Crippen LogP contribution in [0.4, 0.5) is 4.79 Å². The molecule has 0 aliphatic carbocycles. The Balaban J connectivity index is 2.55. The summed E-state index contributed by atoms with van der Waals surface area (Å²) in [6.45, 7) is 22.8. The van der Waals surface area contributed by atoms with Gasteiger partial charge in [-0.3, -0.25) is 9.69 Å². The van der Waals surface area contributed by atoms with Crippen molar-refractivity contribution in [3.8, 4) is 0 Å². The number of urea groups is 1. The van der Waals surface area contributed by atoms with Crippen molar-refractivity contribution in [3.05, 3.63) is 24.9 Å². The first kappa shape index (κ1) is 23.7. The van der Waals surface area contributed by atoms with E-state index >= 15 is 0 Å². The third kappa shape index (κ3) is 5.80. The number of hydrogen-bond acceptors (Lipinski definition) is 2. The van der Waals surface area contributed by atoms with Gasteiger partial charge in [-0.1, -0.05) is 59.3 Å². The van der Waals surface area contributed by atoms with Crippen LogP contribution in [0.25, 0.3) is 0 Å². The van der Waals surface area contributed by atoms with Crippen LogP contribution in [0.15, 0.2) is 24.9 Å². The number of nitrogens with zero attached hydrogens (tertiary/aromatic N) is 2. The van der Waals surface area contributed by atoms with Crippen LogP contribution in [0, 0.1) is 10.8 Å². The lowest BCUT2D eigenvalue weighted by molar-refractivity contribution is -0.125. The van der Waals surface area contributed by atoms with Crippen molar-refractivity contribution in [1.29, 1.82) is 0 Å². The topological polar surface area (TPSA) is 40.6 Å². The fourth-order valence-corrected chi connectivity index (χ4v) is 5.29. The number of amides is 3. The lowest BCUT2D eigenvalue weighted by Crippen LogP contribution is -2.36. The van der Waals surface area contributed by atoms with Gasteiger partial charge in [0.1, 0.15) is 6.54 Å². The second-order valence-electron chi connectivity index (χ2n) is 9.54. The average Bonchev–Trinajstić information content (AvgIpc) is 2.87. The van der Waals surface area contributed by atoms with Crippen molar-refractivity contribution >= 4 is 20.0 Å². The highest BCUT2D eigenvalue weighted by Crippen LogP contribution is 2.43. The second kappa shape index (κ2) is 9.22. The number of allylic oxidation sites excluding steroid dienone is 1. The third-order valence-electron chi connectivity index (χ3n) is 6.85. The molecule has 0 aromatic heterocycles. The number of carbonyl (C=O) groups excluding carboxylic acids is 2. The van der Waals surface area contributed by atoms with Crippen molar-refractivity contribution < 1.29 is 9.59 Å². The quantitative estimate of drug-likeness (QED) is 0.265. The SMILES string of the molecule is C=CC(C)(CCCN1C(=O)CN(CCC[Si](C)(C=C)CC)C1=O)C(C)(C)C. The number of hydrogen-bond donors (Lipinski definition) is 0. The molecule has 3 amide bonds. The van der Waals surface area contributed by atoms with Crippen LogP contribution in [0.2, 0.25) is 18.6 Å². The Morgan fingerprint density at radius 2 is 1.74 bits per heavy atom. The molecule has 0 bridgehead atoms. The maximum atomic E-state index is 12.6. The zero-order valence-electron chi connectivity index (χ0n) is 18.4. The Labute approximate surface area is 167 Å². The molecule has 0 N–H and O–H groups in total. The molecule has 0 aromatic carbocycles. The molecule has 1 rings (SSSR count). The van der Waals surface area contributed by atoms with E-state index in [1.54, 1.807) is 4.90 Å². The molecule has 0 spiro atoms. The molecular weight excluding hydrogens is 352 g/mol. The molecule has 1 aliphatic rings. The monoisotopic (exact) mass is 392 g/mol. The Hall–Kier alpha value is -1.36. The summed E-state index contributed by atoms with van der Waals surface area (Å²) >= 11 is 0. The fourth-order valence-electron chi connectivity index (χ4n) is 3.47. The Morgan fingerprint density at radius 3 is 2.22 bits per heavy atom. The summed E-state index contributed by atoms with van der Waals surface area (Å²) in [5.41, 5.74) is 2.22. The van der Waals surface area contributed by atoms with Crippen LogP contribution < -0.4 is 0 Å². The zero-order chi connectivity index (χ0) is 20.9. The summed E-state index contributed by atoms with van der Waals surface area (Å²) in [4.78, 5) is 28.1. The second-order valence-corrected chi connectivity index (χ2v) is 14.5. The summed E-state index contributed by atoms with van der Waals surface area (Å²) in [6, 6.07) is 2.18. The van der Waals surface area contributed by atoms with Gasteiger partial charge in [0.15, 0.2) is 0 Å². The van der Waals surface area contributed by atoms with Crippen LogP contribution in [0.1, 0.15) is 53.9 Å². The van der Waals surface area contributed by atoms with Crippen molar-refractivity contribution in [2.45, 2.75) is 72.5 Å². The summed E-state index contributed by atoms with van der Waals surface area (Å²) in [5, 5.41) is 0. The van der Waals surface area contributed by atoms with Crippen molar-refractivity contribution in [2.75, 3.05) is 19.6 Å². The average molecular weight is 393 g/mol. The van der Waals surface area contributed by atoms with Gasteiger partial charge >= 0.3 is 6.03 Å². The smallest absolute Gasteiger partial charge is 0.315 e. The minimum absolute atomic E-state index is 0.0154. The molecule has 154 valence electrons. The maximum Gasteiger partial charge on any atom is 0.327 e. The van der Waals surface area contributed by atoms with E-state index in [9.17, 15) is 9.59 Å². The van der Waals surface area contributed by atoms with E-state index in [1.807, 2.05) is 6.08 Å². The van der Waals surface area contributed by atoms with E-state index in [-0.39, 0.29) is 29.3 Å². The maximum absolute atomic E-state index is 12.6. The Morgan fingerprint density at radius 1 is 1.11 bits per heavy atom. The number of imide groups is 1. The summed E-state index contributed by atoms with van der Waals surface area (Å²) in [5.74, 6) is -0.0599. The molecule has 2 atom stereocenters. The molecule has 5 heteroatoms. The fraction of sp³-hybridized carbons (Fsp3) is 0.727. The minimum atomic E-state index is -1.37. The lowest BCUT2D eigenvalue weighted by atomic mass is 9.65. The highest BCUT2D eigenvalue weighted by molar-refractivity contribution is 6.83. The van der Waals surface area contributed by atoms with E-state index < -0.39 is 8.07 Å². The molecule has 1 fully saturated rings. The number of carbonyl (C=O) groups is 2. The third-order valence-corrected chi connectivity index (χ3v) is 10.9. The molecule has 2 unspecified atom stereocenters. The standard InChI is InChI=1S/C22H40N2O2Si/c1-9-22(7,21(4,5)6)14-12-16-24-19(25)18-23(20(24)26)15-13-17-27(8,10-2)11-3/h9-10H,1-2,11-18H2,3-8H3. The van der Waals surface area contributed by atoms with Gasteiger partial charge in [-0.05, 0) is 30.1 Å². The van der Waals surface area contributed by atoms with Crippen molar-refractivity contribution in [3.63, 3.8) is 0 Å². The Kier molecular flexibility index (Phi) is 8.09. The van der Waals surface area contributed by atoms with Crippen molar-refractivity contribution in [1.82, 2.24) is 9.80 Å². The van der Waals surface area contributed by atoms with Crippen LogP contribution in [-0.2, 0) is 4.79 Å². The highest BCUT2D eigenvalue weighted by Gasteiger charge is 2.37. The van der Waals surface area contributed by atoms with Gasteiger partial charge in [0.05, 0.1) is 8.07 Å². The first-order chi connectivity index (χ1) is 12.4. The zero-order valence-corrected chi connectivity index (χ0v) is 19.4. The van der Waals surface area contributed by atoms with Gasteiger partial charge < -0.3 is 4.90 Å². The molecule has 0 aromatic rings. The van der Waals surface area contributed by atoms with Crippen molar-refractivity contribution in [2.24, 2.45) is 10.8 Å². The van der Waals surface area contributed by atoms with Gasteiger partial charge in [0.25, 0.3) is 0 Å². The van der Waals surface area contributed by atoms with E-state index in [2.05, 4.69) is 60.0 Å². The van der Waals surface area contributed by atoms with E-state index in [0.29, 0.717) is 13.1 Å².